The zero-order valence-electron chi connectivity index (χ0n) is 17.2. The average molecular weight is 425 g/mol. The van der Waals surface area contributed by atoms with E-state index in [4.69, 9.17) is 4.74 Å². The van der Waals surface area contributed by atoms with Crippen LogP contribution in [0, 0.1) is 5.92 Å². The van der Waals surface area contributed by atoms with Crippen molar-refractivity contribution >= 4 is 23.2 Å². The minimum absolute atomic E-state index is 0.136. The van der Waals surface area contributed by atoms with Crippen molar-refractivity contribution in [2.45, 2.75) is 30.6 Å². The van der Waals surface area contributed by atoms with Gasteiger partial charge in [-0.2, -0.15) is 0 Å². The maximum atomic E-state index is 13.7. The van der Waals surface area contributed by atoms with Gasteiger partial charge in [-0.3, -0.25) is 9.59 Å². The lowest BCUT2D eigenvalue weighted by molar-refractivity contribution is -0.146. The molecule has 1 aliphatic carbocycles. The van der Waals surface area contributed by atoms with Gasteiger partial charge in [0.2, 0.25) is 11.8 Å². The van der Waals surface area contributed by atoms with Crippen LogP contribution in [0.1, 0.15) is 35.6 Å². The Morgan fingerprint density at radius 3 is 2.30 bits per heavy atom. The first kappa shape index (κ1) is 19.8. The number of hydrogen-bond acceptors (Lipinski definition) is 4. The summed E-state index contributed by atoms with van der Waals surface area (Å²) in [5, 5.41) is 2.08. The first-order chi connectivity index (χ1) is 14.7. The fourth-order valence-electron chi connectivity index (χ4n) is 5.05. The Morgan fingerprint density at radius 1 is 0.933 bits per heavy atom. The van der Waals surface area contributed by atoms with E-state index in [1.807, 2.05) is 28.0 Å². The molecule has 5 rings (SSSR count). The van der Waals surface area contributed by atoms with Crippen LogP contribution in [-0.2, 0) is 19.7 Å². The van der Waals surface area contributed by atoms with Crippen molar-refractivity contribution in [1.29, 1.82) is 0 Å². The molecular formula is C24H28N2O3S. The number of amides is 2. The van der Waals surface area contributed by atoms with Gasteiger partial charge >= 0.3 is 0 Å². The monoisotopic (exact) mass is 424 g/mol. The van der Waals surface area contributed by atoms with Crippen LogP contribution in [-0.4, -0.2) is 61.0 Å². The lowest BCUT2D eigenvalue weighted by atomic mass is 9.73. The van der Waals surface area contributed by atoms with Gasteiger partial charge in [0.05, 0.1) is 5.41 Å². The molecule has 0 radical (unpaired) electrons. The third kappa shape index (κ3) is 3.56. The van der Waals surface area contributed by atoms with Crippen LogP contribution in [0.4, 0.5) is 0 Å². The van der Waals surface area contributed by atoms with E-state index >= 15 is 0 Å². The molecule has 0 spiro atoms. The number of carbonyl (C=O) groups is 2. The highest BCUT2D eigenvalue weighted by Gasteiger charge is 2.48. The van der Waals surface area contributed by atoms with Crippen molar-refractivity contribution in [1.82, 2.24) is 9.80 Å². The molecular weight excluding hydrogens is 396 g/mol. The predicted octanol–water partition coefficient (Wildman–Crippen LogP) is 3.27. The van der Waals surface area contributed by atoms with Gasteiger partial charge in [-0.05, 0) is 36.3 Å². The van der Waals surface area contributed by atoms with Gasteiger partial charge in [-0.25, -0.2) is 0 Å². The van der Waals surface area contributed by atoms with E-state index in [1.165, 1.54) is 4.88 Å². The smallest absolute Gasteiger partial charge is 0.233 e. The molecule has 0 bridgehead atoms. The molecule has 6 heteroatoms. The Hall–Kier alpha value is -2.18. The number of hydrogen-bond donors (Lipinski definition) is 0. The molecule has 158 valence electrons. The maximum absolute atomic E-state index is 13.7. The molecule has 1 aromatic heterocycles. The van der Waals surface area contributed by atoms with Gasteiger partial charge in [-0.15, -0.1) is 11.3 Å². The van der Waals surface area contributed by atoms with E-state index in [9.17, 15) is 9.59 Å². The molecule has 0 N–H and O–H groups in total. The quantitative estimate of drug-likeness (QED) is 0.757. The Kier molecular flexibility index (Phi) is 5.37. The molecule has 5 nitrogen and oxygen atoms in total. The van der Waals surface area contributed by atoms with E-state index in [0.717, 1.165) is 24.8 Å². The summed E-state index contributed by atoms with van der Waals surface area (Å²) in [4.78, 5) is 31.9. The number of benzene rings is 1. The number of rotatable bonds is 4. The second kappa shape index (κ2) is 8.16. The highest BCUT2D eigenvalue weighted by molar-refractivity contribution is 7.10. The minimum atomic E-state index is -0.494. The Bertz CT molecular complexity index is 884. The largest absolute Gasteiger partial charge is 0.381 e. The number of ether oxygens (including phenoxy) is 1. The molecule has 2 amide bonds. The van der Waals surface area contributed by atoms with Crippen molar-refractivity contribution in [3.05, 3.63) is 58.3 Å². The third-order valence-electron chi connectivity index (χ3n) is 6.98. The van der Waals surface area contributed by atoms with Crippen LogP contribution >= 0.6 is 11.3 Å². The van der Waals surface area contributed by atoms with Crippen molar-refractivity contribution in [2.75, 3.05) is 39.4 Å². The summed E-state index contributed by atoms with van der Waals surface area (Å²) in [6.45, 7) is 3.75. The molecule has 1 saturated carbocycles. The van der Waals surface area contributed by atoms with Crippen LogP contribution in [0.5, 0.6) is 0 Å². The second-order valence-corrected chi connectivity index (χ2v) is 9.62. The average Bonchev–Trinajstić information content (AvgIpc) is 3.43. The SMILES string of the molecule is O=C(C1CC1c1cccs1)N1CCN(C(=O)C2(c3ccccc3)CCOCC2)CC1. The lowest BCUT2D eigenvalue weighted by Crippen LogP contribution is -2.57. The topological polar surface area (TPSA) is 49.9 Å². The van der Waals surface area contributed by atoms with Gasteiger partial charge in [0.1, 0.15) is 0 Å². The van der Waals surface area contributed by atoms with Gasteiger partial charge in [0, 0.05) is 56.1 Å². The van der Waals surface area contributed by atoms with Crippen molar-refractivity contribution < 1.29 is 14.3 Å². The third-order valence-corrected chi connectivity index (χ3v) is 7.98. The first-order valence-corrected chi connectivity index (χ1v) is 11.8. The fourth-order valence-corrected chi connectivity index (χ4v) is 5.96. The Balaban J connectivity index is 1.23. The van der Waals surface area contributed by atoms with Crippen LogP contribution in [0.3, 0.4) is 0 Å². The summed E-state index contributed by atoms with van der Waals surface area (Å²) < 4.78 is 5.58. The summed E-state index contributed by atoms with van der Waals surface area (Å²) in [5.41, 5.74) is 0.598. The second-order valence-electron chi connectivity index (χ2n) is 8.64. The zero-order valence-corrected chi connectivity index (χ0v) is 18.0. The standard InChI is InChI=1S/C24H28N2O3S/c27-22(20-17-19(20)21-7-4-16-30-21)25-10-12-26(13-11-25)23(28)24(8-14-29-15-9-24)18-5-2-1-3-6-18/h1-7,16,19-20H,8-15,17H2. The number of nitrogens with zero attached hydrogens (tertiary/aromatic N) is 2. The molecule has 2 aromatic rings. The molecule has 2 atom stereocenters. The van der Waals surface area contributed by atoms with Crippen LogP contribution in [0.2, 0.25) is 0 Å². The Labute approximate surface area is 181 Å². The Morgan fingerprint density at radius 2 is 1.63 bits per heavy atom. The molecule has 3 aliphatic rings. The molecule has 1 aromatic carbocycles. The van der Waals surface area contributed by atoms with E-state index in [1.54, 1.807) is 11.3 Å². The maximum Gasteiger partial charge on any atom is 0.233 e. The zero-order chi connectivity index (χ0) is 20.6. The van der Waals surface area contributed by atoms with Crippen molar-refractivity contribution in [3.63, 3.8) is 0 Å². The van der Waals surface area contributed by atoms with E-state index in [-0.39, 0.29) is 17.7 Å². The highest BCUT2D eigenvalue weighted by Crippen LogP contribution is 2.50. The fraction of sp³-hybridized carbons (Fsp3) is 0.500. The summed E-state index contributed by atoms with van der Waals surface area (Å²) in [7, 11) is 0. The molecule has 2 saturated heterocycles. The number of piperazine rings is 1. The highest BCUT2D eigenvalue weighted by atomic mass is 32.1. The van der Waals surface area contributed by atoms with Crippen LogP contribution in [0.15, 0.2) is 47.8 Å². The normalized spacial score (nSPS) is 25.7. The molecule has 3 fully saturated rings. The van der Waals surface area contributed by atoms with Crippen LogP contribution in [0.25, 0.3) is 0 Å². The van der Waals surface area contributed by atoms with Crippen molar-refractivity contribution in [3.8, 4) is 0 Å². The predicted molar refractivity (Wildman–Crippen MR) is 117 cm³/mol. The number of thiophene rings is 1. The van der Waals surface area contributed by atoms with Gasteiger partial charge in [0.15, 0.2) is 0 Å². The molecule has 2 aliphatic heterocycles. The van der Waals surface area contributed by atoms with E-state index in [0.29, 0.717) is 45.3 Å². The molecule has 2 unspecified atom stereocenters. The summed E-state index contributed by atoms with van der Waals surface area (Å²) in [6.07, 6.45) is 2.41. The van der Waals surface area contributed by atoms with Gasteiger partial charge in [-0.1, -0.05) is 36.4 Å². The number of carbonyl (C=O) groups excluding carboxylic acids is 2. The van der Waals surface area contributed by atoms with Gasteiger partial charge in [0.25, 0.3) is 0 Å². The van der Waals surface area contributed by atoms with Crippen molar-refractivity contribution in [2.24, 2.45) is 5.92 Å². The molecule has 3 heterocycles. The molecule has 30 heavy (non-hydrogen) atoms. The van der Waals surface area contributed by atoms with Crippen LogP contribution < -0.4 is 0 Å². The minimum Gasteiger partial charge on any atom is -0.381 e. The summed E-state index contributed by atoms with van der Waals surface area (Å²) >= 11 is 1.75. The summed E-state index contributed by atoms with van der Waals surface area (Å²) in [5.74, 6) is 1.01. The first-order valence-electron chi connectivity index (χ1n) is 10.9. The lowest BCUT2D eigenvalue weighted by Gasteiger charge is -2.43. The summed E-state index contributed by atoms with van der Waals surface area (Å²) in [6, 6.07) is 14.3. The van der Waals surface area contributed by atoms with Gasteiger partial charge < -0.3 is 14.5 Å². The van der Waals surface area contributed by atoms with E-state index < -0.39 is 5.41 Å². The van der Waals surface area contributed by atoms with E-state index in [2.05, 4.69) is 29.6 Å².